The molecule has 1 amide bonds. The van der Waals surface area contributed by atoms with Crippen LogP contribution in [0.4, 0.5) is 10.5 Å². The normalized spacial score (nSPS) is 11.5. The molecule has 0 aliphatic heterocycles. The third kappa shape index (κ3) is 5.34. The van der Waals surface area contributed by atoms with E-state index in [2.05, 4.69) is 17.2 Å². The van der Waals surface area contributed by atoms with Gasteiger partial charge < -0.3 is 4.74 Å². The van der Waals surface area contributed by atoms with Crippen molar-refractivity contribution in [3.8, 4) is 0 Å². The number of benzene rings is 1. The highest BCUT2D eigenvalue weighted by Crippen LogP contribution is 2.16. The number of aliphatic imine (C=N–C) groups is 1. The molecule has 0 aromatic heterocycles. The predicted molar refractivity (Wildman–Crippen MR) is 82.3 cm³/mol. The van der Waals surface area contributed by atoms with Gasteiger partial charge in [0.25, 0.3) is 0 Å². The monoisotopic (exact) mass is 280 g/mol. The Kier molecular flexibility index (Phi) is 6.42. The molecule has 1 aromatic rings. The predicted octanol–water partition coefficient (Wildman–Crippen LogP) is 3.77. The van der Waals surface area contributed by atoms with Crippen LogP contribution in [0.25, 0.3) is 0 Å². The fourth-order valence-electron chi connectivity index (χ4n) is 1.47. The van der Waals surface area contributed by atoms with Gasteiger partial charge in [0.05, 0.1) is 11.1 Å². The van der Waals surface area contributed by atoms with Gasteiger partial charge in [-0.1, -0.05) is 19.1 Å². The number of thioether (sulfide) groups is 1. The van der Waals surface area contributed by atoms with Crippen LogP contribution in [0.1, 0.15) is 26.3 Å². The summed E-state index contributed by atoms with van der Waals surface area (Å²) in [5, 5.41) is 3.68. The lowest BCUT2D eigenvalue weighted by Crippen LogP contribution is -2.17. The number of nitrogens with one attached hydrogen (secondary N) is 1. The van der Waals surface area contributed by atoms with Gasteiger partial charge in [-0.05, 0) is 31.7 Å². The molecule has 0 atom stereocenters. The molecule has 0 aliphatic carbocycles. The molecule has 5 heteroatoms. The topological polar surface area (TPSA) is 50.7 Å². The highest BCUT2D eigenvalue weighted by atomic mass is 32.2. The van der Waals surface area contributed by atoms with Crippen LogP contribution in [0.15, 0.2) is 29.3 Å². The summed E-state index contributed by atoms with van der Waals surface area (Å²) in [5.74, 6) is 0.980. The maximum absolute atomic E-state index is 11.4. The van der Waals surface area contributed by atoms with Crippen molar-refractivity contribution in [3.63, 3.8) is 0 Å². The summed E-state index contributed by atoms with van der Waals surface area (Å²) in [7, 11) is 1.78. The minimum absolute atomic E-state index is 0.126. The van der Waals surface area contributed by atoms with Crippen molar-refractivity contribution in [2.75, 3.05) is 18.1 Å². The van der Waals surface area contributed by atoms with E-state index in [0.29, 0.717) is 5.69 Å². The molecular weight excluding hydrogens is 260 g/mol. The quantitative estimate of drug-likeness (QED) is 0.674. The molecule has 0 aliphatic rings. The molecule has 1 rings (SSSR count). The zero-order chi connectivity index (χ0) is 14.3. The molecule has 0 saturated heterocycles. The minimum Gasteiger partial charge on any atom is -0.447 e. The fourth-order valence-corrected chi connectivity index (χ4v) is 2.18. The van der Waals surface area contributed by atoms with Gasteiger partial charge in [0.15, 0.2) is 0 Å². The van der Waals surface area contributed by atoms with Crippen molar-refractivity contribution in [3.05, 3.63) is 29.8 Å². The first kappa shape index (κ1) is 15.6. The van der Waals surface area contributed by atoms with E-state index in [1.54, 1.807) is 18.8 Å². The number of nitrogens with zero attached hydrogens (tertiary/aromatic N) is 1. The van der Waals surface area contributed by atoms with E-state index in [9.17, 15) is 4.79 Å². The molecule has 0 bridgehead atoms. The van der Waals surface area contributed by atoms with Gasteiger partial charge in [0, 0.05) is 18.3 Å². The summed E-state index contributed by atoms with van der Waals surface area (Å²) in [5.41, 5.74) is 1.77. The summed E-state index contributed by atoms with van der Waals surface area (Å²) in [6.45, 7) is 5.72. The van der Waals surface area contributed by atoms with Gasteiger partial charge in [-0.2, -0.15) is 0 Å². The Morgan fingerprint density at radius 2 is 2.00 bits per heavy atom. The number of hydrogen-bond donors (Lipinski definition) is 1. The Labute approximate surface area is 118 Å². The van der Waals surface area contributed by atoms with Crippen LogP contribution in [0.5, 0.6) is 0 Å². The summed E-state index contributed by atoms with van der Waals surface area (Å²) in [6, 6.07) is 7.57. The Bertz CT molecular complexity index is 441. The SMILES string of the molecule is CCSC(=NC)c1ccc(NC(=O)OC(C)C)cc1. The molecule has 0 spiro atoms. The largest absolute Gasteiger partial charge is 0.447 e. The van der Waals surface area contributed by atoms with Gasteiger partial charge in [-0.15, -0.1) is 11.8 Å². The van der Waals surface area contributed by atoms with Crippen LogP contribution < -0.4 is 5.32 Å². The molecule has 0 heterocycles. The van der Waals surface area contributed by atoms with Crippen molar-refractivity contribution in [2.24, 2.45) is 4.99 Å². The molecule has 0 unspecified atom stereocenters. The lowest BCUT2D eigenvalue weighted by Gasteiger charge is -2.10. The van der Waals surface area contributed by atoms with Gasteiger partial charge in [-0.3, -0.25) is 10.3 Å². The van der Waals surface area contributed by atoms with Crippen LogP contribution in [-0.4, -0.2) is 30.0 Å². The zero-order valence-electron chi connectivity index (χ0n) is 11.8. The molecule has 104 valence electrons. The number of rotatable bonds is 4. The number of anilines is 1. The van der Waals surface area contributed by atoms with E-state index >= 15 is 0 Å². The Morgan fingerprint density at radius 3 is 2.47 bits per heavy atom. The molecular formula is C14H20N2O2S. The summed E-state index contributed by atoms with van der Waals surface area (Å²) >= 11 is 1.70. The molecule has 1 aromatic carbocycles. The van der Waals surface area contributed by atoms with Gasteiger partial charge in [-0.25, -0.2) is 4.79 Å². The number of ether oxygens (including phenoxy) is 1. The molecule has 19 heavy (non-hydrogen) atoms. The summed E-state index contributed by atoms with van der Waals surface area (Å²) in [4.78, 5) is 15.7. The molecule has 0 fully saturated rings. The Hall–Kier alpha value is -1.49. The first-order chi connectivity index (χ1) is 9.06. The van der Waals surface area contributed by atoms with Gasteiger partial charge in [0.2, 0.25) is 0 Å². The van der Waals surface area contributed by atoms with E-state index < -0.39 is 6.09 Å². The average Bonchev–Trinajstić information content (AvgIpc) is 2.36. The van der Waals surface area contributed by atoms with Crippen molar-refractivity contribution in [1.82, 2.24) is 0 Å². The maximum atomic E-state index is 11.4. The molecule has 4 nitrogen and oxygen atoms in total. The Balaban J connectivity index is 2.68. The van der Waals surface area contributed by atoms with E-state index in [-0.39, 0.29) is 6.10 Å². The third-order valence-electron chi connectivity index (χ3n) is 2.21. The fraction of sp³-hybridized carbons (Fsp3) is 0.429. The maximum Gasteiger partial charge on any atom is 0.411 e. The summed E-state index contributed by atoms with van der Waals surface area (Å²) in [6.07, 6.45) is -0.561. The highest BCUT2D eigenvalue weighted by molar-refractivity contribution is 8.14. The van der Waals surface area contributed by atoms with Crippen molar-refractivity contribution in [1.29, 1.82) is 0 Å². The summed E-state index contributed by atoms with van der Waals surface area (Å²) < 4.78 is 5.01. The van der Waals surface area contributed by atoms with Crippen LogP contribution in [-0.2, 0) is 4.74 Å². The number of amides is 1. The van der Waals surface area contributed by atoms with Crippen molar-refractivity contribution >= 4 is 28.6 Å². The first-order valence-electron chi connectivity index (χ1n) is 6.24. The molecule has 0 saturated carbocycles. The second-order valence-electron chi connectivity index (χ2n) is 4.12. The zero-order valence-corrected chi connectivity index (χ0v) is 12.6. The lowest BCUT2D eigenvalue weighted by atomic mass is 10.2. The van der Waals surface area contributed by atoms with E-state index in [1.165, 1.54) is 0 Å². The molecule has 1 N–H and O–H groups in total. The average molecular weight is 280 g/mol. The third-order valence-corrected chi connectivity index (χ3v) is 3.19. The second-order valence-corrected chi connectivity index (χ2v) is 5.37. The Morgan fingerprint density at radius 1 is 1.37 bits per heavy atom. The van der Waals surface area contributed by atoms with Gasteiger partial charge in [0.1, 0.15) is 0 Å². The number of carbonyl (C=O) groups is 1. The standard InChI is InChI=1S/C14H20N2O2S/c1-5-19-13(15-4)11-6-8-12(9-7-11)16-14(17)18-10(2)3/h6-10H,5H2,1-4H3,(H,16,17). The molecule has 0 radical (unpaired) electrons. The van der Waals surface area contributed by atoms with E-state index in [0.717, 1.165) is 16.4 Å². The van der Waals surface area contributed by atoms with Gasteiger partial charge >= 0.3 is 6.09 Å². The highest BCUT2D eigenvalue weighted by Gasteiger charge is 2.06. The van der Waals surface area contributed by atoms with Crippen molar-refractivity contribution in [2.45, 2.75) is 26.9 Å². The van der Waals surface area contributed by atoms with Crippen LogP contribution in [0, 0.1) is 0 Å². The van der Waals surface area contributed by atoms with E-state index in [4.69, 9.17) is 4.74 Å². The lowest BCUT2D eigenvalue weighted by molar-refractivity contribution is 0.130. The van der Waals surface area contributed by atoms with Crippen LogP contribution in [0.2, 0.25) is 0 Å². The van der Waals surface area contributed by atoms with E-state index in [1.807, 2.05) is 38.1 Å². The second kappa shape index (κ2) is 7.84. The van der Waals surface area contributed by atoms with Crippen LogP contribution >= 0.6 is 11.8 Å². The first-order valence-corrected chi connectivity index (χ1v) is 7.23. The van der Waals surface area contributed by atoms with Crippen LogP contribution in [0.3, 0.4) is 0 Å². The smallest absolute Gasteiger partial charge is 0.411 e. The number of carbonyl (C=O) groups excluding carboxylic acids is 1. The minimum atomic E-state index is -0.435. The number of hydrogen-bond acceptors (Lipinski definition) is 4. The van der Waals surface area contributed by atoms with Crippen molar-refractivity contribution < 1.29 is 9.53 Å².